The van der Waals surface area contributed by atoms with Crippen molar-refractivity contribution in [3.8, 4) is 17.2 Å². The molecule has 0 aliphatic carbocycles. The summed E-state index contributed by atoms with van der Waals surface area (Å²) in [4.78, 5) is 5.66. The number of aryl methyl sites for hydroxylation is 1. The molecule has 2 aliphatic rings. The molecule has 2 aromatic heterocycles. The molecule has 0 amide bonds. The Morgan fingerprint density at radius 1 is 1.15 bits per heavy atom. The van der Waals surface area contributed by atoms with Gasteiger partial charge in [-0.3, -0.25) is 0 Å². The van der Waals surface area contributed by atoms with Crippen molar-refractivity contribution in [1.29, 1.82) is 0 Å². The third-order valence-electron chi connectivity index (χ3n) is 6.17. The maximum atomic E-state index is 6.71. The van der Waals surface area contributed by atoms with E-state index in [0.29, 0.717) is 18.1 Å². The second-order valence-corrected chi connectivity index (χ2v) is 9.22. The lowest BCUT2D eigenvalue weighted by atomic mass is 9.86. The molecule has 34 heavy (non-hydrogen) atoms. The highest BCUT2D eigenvalue weighted by molar-refractivity contribution is 7.10. The average molecular weight is 473 g/mol. The van der Waals surface area contributed by atoms with E-state index in [1.54, 1.807) is 24.8 Å². The summed E-state index contributed by atoms with van der Waals surface area (Å²) in [5, 5.41) is 10.2. The Morgan fingerprint density at radius 2 is 2.06 bits per heavy atom. The molecule has 7 nitrogen and oxygen atoms in total. The van der Waals surface area contributed by atoms with Crippen LogP contribution in [0.2, 0.25) is 0 Å². The third kappa shape index (κ3) is 3.25. The number of fused-ring (bicyclic) bond motifs is 3. The Labute approximate surface area is 201 Å². The highest BCUT2D eigenvalue weighted by atomic mass is 32.1. The number of aromatic nitrogens is 3. The first-order valence-corrected chi connectivity index (χ1v) is 12.1. The van der Waals surface area contributed by atoms with Crippen molar-refractivity contribution < 1.29 is 14.2 Å². The van der Waals surface area contributed by atoms with Crippen LogP contribution in [0, 0.1) is 6.92 Å². The fourth-order valence-electron chi connectivity index (χ4n) is 4.70. The molecule has 0 unspecified atom stereocenters. The van der Waals surface area contributed by atoms with E-state index in [1.165, 1.54) is 4.88 Å². The fourth-order valence-corrected chi connectivity index (χ4v) is 5.53. The van der Waals surface area contributed by atoms with Crippen LogP contribution in [0.3, 0.4) is 0 Å². The van der Waals surface area contributed by atoms with E-state index in [0.717, 1.165) is 39.7 Å². The summed E-state index contributed by atoms with van der Waals surface area (Å²) in [5.74, 6) is 2.93. The molecule has 0 saturated carbocycles. The lowest BCUT2D eigenvalue weighted by molar-refractivity contribution is 0.222. The summed E-state index contributed by atoms with van der Waals surface area (Å²) >= 11 is 1.70. The summed E-state index contributed by atoms with van der Waals surface area (Å²) < 4.78 is 20.1. The molecule has 0 fully saturated rings. The van der Waals surface area contributed by atoms with Gasteiger partial charge in [0, 0.05) is 21.6 Å². The van der Waals surface area contributed by atoms with Crippen LogP contribution < -0.4 is 19.5 Å². The fraction of sp³-hybridized carbons (Fsp3) is 0.231. The first-order chi connectivity index (χ1) is 16.7. The monoisotopic (exact) mass is 472 g/mol. The summed E-state index contributed by atoms with van der Waals surface area (Å²) in [7, 11) is 1.66. The minimum Gasteiger partial charge on any atom is -0.493 e. The zero-order valence-corrected chi connectivity index (χ0v) is 19.9. The van der Waals surface area contributed by atoms with Crippen LogP contribution in [0.4, 0.5) is 5.95 Å². The predicted octanol–water partition coefficient (Wildman–Crippen LogP) is 5.62. The molecule has 1 N–H and O–H groups in total. The number of hydrogen-bond acceptors (Lipinski definition) is 7. The van der Waals surface area contributed by atoms with Crippen molar-refractivity contribution in [3.05, 3.63) is 87.4 Å². The zero-order chi connectivity index (χ0) is 23.2. The van der Waals surface area contributed by atoms with Crippen molar-refractivity contribution in [2.75, 3.05) is 19.0 Å². The molecule has 4 heterocycles. The van der Waals surface area contributed by atoms with E-state index < -0.39 is 0 Å². The van der Waals surface area contributed by atoms with Crippen LogP contribution in [0.5, 0.6) is 17.2 Å². The minimum absolute atomic E-state index is 0.148. The largest absolute Gasteiger partial charge is 0.493 e. The van der Waals surface area contributed by atoms with Crippen LogP contribution >= 0.6 is 11.3 Å². The van der Waals surface area contributed by atoms with Gasteiger partial charge in [0.15, 0.2) is 11.5 Å². The van der Waals surface area contributed by atoms with Crippen LogP contribution in [0.25, 0.3) is 5.70 Å². The van der Waals surface area contributed by atoms with Crippen LogP contribution in [-0.2, 0) is 0 Å². The van der Waals surface area contributed by atoms with E-state index in [-0.39, 0.29) is 12.1 Å². The SMILES string of the molecule is CCOc1ccc([C@H]2Oc3ccc(C)cc3C3=C2[C@H](c2cccs2)n2ncnc2N3)cc1OC. The van der Waals surface area contributed by atoms with Gasteiger partial charge in [0.1, 0.15) is 24.2 Å². The number of ether oxygens (including phenoxy) is 3. The number of benzene rings is 2. The lowest BCUT2D eigenvalue weighted by Gasteiger charge is -2.38. The van der Waals surface area contributed by atoms with Gasteiger partial charge in [0.2, 0.25) is 5.95 Å². The van der Waals surface area contributed by atoms with Crippen molar-refractivity contribution in [2.45, 2.75) is 26.0 Å². The van der Waals surface area contributed by atoms with E-state index in [2.05, 4.69) is 52.0 Å². The standard InChI is InChI=1S/C26H24N4O3S/c1-4-32-19-10-8-16(13-20(19)31-3)25-22-23(17-12-15(2)7-9-18(17)33-25)29-26-27-14-28-30(26)24(22)21-6-5-11-34-21/h5-14,24-25H,4H2,1-3H3,(H,27,28,29)/t24-,25+/m0/s1. The van der Waals surface area contributed by atoms with E-state index in [4.69, 9.17) is 14.2 Å². The predicted molar refractivity (Wildman–Crippen MR) is 132 cm³/mol. The lowest BCUT2D eigenvalue weighted by Crippen LogP contribution is -2.32. The van der Waals surface area contributed by atoms with E-state index in [1.807, 2.05) is 35.9 Å². The van der Waals surface area contributed by atoms with Crippen molar-refractivity contribution in [3.63, 3.8) is 0 Å². The maximum absolute atomic E-state index is 6.71. The number of nitrogens with zero attached hydrogens (tertiary/aromatic N) is 3. The van der Waals surface area contributed by atoms with Gasteiger partial charge in [-0.25, -0.2) is 4.68 Å². The van der Waals surface area contributed by atoms with Crippen LogP contribution in [0.15, 0.2) is 65.8 Å². The number of anilines is 1. The number of rotatable bonds is 5. The second-order valence-electron chi connectivity index (χ2n) is 8.24. The van der Waals surface area contributed by atoms with Gasteiger partial charge in [-0.2, -0.15) is 10.1 Å². The third-order valence-corrected chi connectivity index (χ3v) is 7.10. The molecule has 2 atom stereocenters. The number of nitrogens with one attached hydrogen (secondary N) is 1. The molecule has 2 aliphatic heterocycles. The topological polar surface area (TPSA) is 70.4 Å². The summed E-state index contributed by atoms with van der Waals surface area (Å²) in [6.07, 6.45) is 1.24. The Bertz CT molecular complexity index is 1390. The van der Waals surface area contributed by atoms with Crippen LogP contribution in [0.1, 0.15) is 40.6 Å². The molecule has 2 aromatic carbocycles. The Morgan fingerprint density at radius 3 is 2.85 bits per heavy atom. The molecule has 172 valence electrons. The van der Waals surface area contributed by atoms with Crippen molar-refractivity contribution in [1.82, 2.24) is 14.8 Å². The Kier molecular flexibility index (Phi) is 5.03. The van der Waals surface area contributed by atoms with Crippen molar-refractivity contribution in [2.24, 2.45) is 0 Å². The summed E-state index contributed by atoms with van der Waals surface area (Å²) in [5.41, 5.74) is 5.27. The van der Waals surface area contributed by atoms with Gasteiger partial charge in [-0.1, -0.05) is 23.8 Å². The number of thiophene rings is 1. The van der Waals surface area contributed by atoms with Gasteiger partial charge in [0.05, 0.1) is 19.4 Å². The molecule has 0 saturated heterocycles. The molecule has 6 rings (SSSR count). The normalized spacial score (nSPS) is 18.3. The highest BCUT2D eigenvalue weighted by Crippen LogP contribution is 2.52. The van der Waals surface area contributed by atoms with Gasteiger partial charge < -0.3 is 19.5 Å². The molecular formula is C26H24N4O3S. The first-order valence-electron chi connectivity index (χ1n) is 11.2. The quantitative estimate of drug-likeness (QED) is 0.407. The second kappa shape index (κ2) is 8.22. The van der Waals surface area contributed by atoms with E-state index in [9.17, 15) is 0 Å². The Hall–Kier alpha value is -3.78. The van der Waals surface area contributed by atoms with Gasteiger partial charge >= 0.3 is 0 Å². The highest BCUT2D eigenvalue weighted by Gasteiger charge is 2.41. The first kappa shape index (κ1) is 20.8. The minimum atomic E-state index is -0.355. The Balaban J connectivity index is 1.58. The molecule has 0 bridgehead atoms. The molecule has 0 radical (unpaired) electrons. The number of methoxy groups -OCH3 is 1. The zero-order valence-electron chi connectivity index (χ0n) is 19.1. The number of hydrogen-bond donors (Lipinski definition) is 1. The molecule has 4 aromatic rings. The maximum Gasteiger partial charge on any atom is 0.226 e. The molecule has 0 spiro atoms. The summed E-state index contributed by atoms with van der Waals surface area (Å²) in [6, 6.07) is 16.3. The van der Waals surface area contributed by atoms with E-state index >= 15 is 0 Å². The average Bonchev–Trinajstić information content (AvgIpc) is 3.55. The van der Waals surface area contributed by atoms with Gasteiger partial charge in [-0.05, 0) is 49.6 Å². The molecule has 8 heteroatoms. The molecular weight excluding hydrogens is 448 g/mol. The summed E-state index contributed by atoms with van der Waals surface area (Å²) in [6.45, 7) is 4.62. The van der Waals surface area contributed by atoms with Crippen molar-refractivity contribution >= 4 is 23.0 Å². The van der Waals surface area contributed by atoms with Crippen LogP contribution in [-0.4, -0.2) is 28.5 Å². The van der Waals surface area contributed by atoms with Gasteiger partial charge in [0.25, 0.3) is 0 Å². The van der Waals surface area contributed by atoms with Gasteiger partial charge in [-0.15, -0.1) is 11.3 Å². The smallest absolute Gasteiger partial charge is 0.226 e.